The lowest BCUT2D eigenvalue weighted by Crippen LogP contribution is -2.43. The van der Waals surface area contributed by atoms with Crippen molar-refractivity contribution in [2.24, 2.45) is 7.05 Å². The topological polar surface area (TPSA) is 88.0 Å². The summed E-state index contributed by atoms with van der Waals surface area (Å²) >= 11 is 12.1. The fourth-order valence-corrected chi connectivity index (χ4v) is 3.60. The van der Waals surface area contributed by atoms with Gasteiger partial charge < -0.3 is 15.5 Å². The summed E-state index contributed by atoms with van der Waals surface area (Å²) in [6.45, 7) is 2.93. The number of halogens is 2. The van der Waals surface area contributed by atoms with Gasteiger partial charge in [0.25, 0.3) is 0 Å². The van der Waals surface area contributed by atoms with Crippen LogP contribution in [0.5, 0.6) is 0 Å². The Hall–Kier alpha value is -2.84. The van der Waals surface area contributed by atoms with Gasteiger partial charge in [0.1, 0.15) is 5.82 Å². The molecular formula is C20H21Cl2N7O. The van der Waals surface area contributed by atoms with E-state index in [2.05, 4.69) is 25.7 Å². The van der Waals surface area contributed by atoms with Crippen molar-refractivity contribution in [2.75, 3.05) is 11.9 Å². The number of benzene rings is 1. The molecule has 0 saturated heterocycles. The highest BCUT2D eigenvalue weighted by atomic mass is 35.5. The molecule has 1 unspecified atom stereocenters. The van der Waals surface area contributed by atoms with E-state index in [-0.39, 0.29) is 12.1 Å². The lowest BCUT2D eigenvalue weighted by molar-refractivity contribution is 0.188. The molecule has 10 heteroatoms. The first-order valence-corrected chi connectivity index (χ1v) is 10.3. The van der Waals surface area contributed by atoms with E-state index in [0.717, 1.165) is 22.6 Å². The van der Waals surface area contributed by atoms with E-state index in [1.807, 2.05) is 32.3 Å². The number of hydrogen-bond donors (Lipinski definition) is 2. The van der Waals surface area contributed by atoms with Crippen molar-refractivity contribution in [3.63, 3.8) is 0 Å². The van der Waals surface area contributed by atoms with Crippen LogP contribution < -0.4 is 10.6 Å². The van der Waals surface area contributed by atoms with Crippen LogP contribution in [0.3, 0.4) is 0 Å². The Balaban J connectivity index is 1.43. The molecule has 2 N–H and O–H groups in total. The number of fused-ring (bicyclic) bond motifs is 1. The normalized spacial score (nSPS) is 14.2. The molecule has 0 saturated carbocycles. The van der Waals surface area contributed by atoms with Crippen molar-refractivity contribution < 1.29 is 4.79 Å². The van der Waals surface area contributed by atoms with Crippen LogP contribution in [-0.4, -0.2) is 37.2 Å². The minimum atomic E-state index is -0.207. The maximum atomic E-state index is 12.8. The highest BCUT2D eigenvalue weighted by Crippen LogP contribution is 2.26. The van der Waals surface area contributed by atoms with Gasteiger partial charge in [-0.1, -0.05) is 29.3 Å². The third kappa shape index (κ3) is 4.34. The molecule has 0 aliphatic carbocycles. The minimum absolute atomic E-state index is 0.154. The summed E-state index contributed by atoms with van der Waals surface area (Å²) < 4.78 is 1.70. The number of urea groups is 1. The number of anilines is 2. The summed E-state index contributed by atoms with van der Waals surface area (Å²) in [5.41, 5.74) is 2.77. The largest absolute Gasteiger partial charge is 0.331 e. The van der Waals surface area contributed by atoms with E-state index in [1.165, 1.54) is 0 Å². The van der Waals surface area contributed by atoms with Crippen molar-refractivity contribution in [3.05, 3.63) is 63.5 Å². The van der Waals surface area contributed by atoms with E-state index >= 15 is 0 Å². The predicted octanol–water partition coefficient (Wildman–Crippen LogP) is 4.09. The van der Waals surface area contributed by atoms with Gasteiger partial charge in [-0.25, -0.2) is 14.8 Å². The molecule has 2 amide bonds. The molecule has 1 atom stereocenters. The second-order valence-corrected chi connectivity index (χ2v) is 7.96. The summed E-state index contributed by atoms with van der Waals surface area (Å²) in [6.07, 6.45) is 4.21. The van der Waals surface area contributed by atoms with E-state index in [4.69, 9.17) is 23.2 Å². The lowest BCUT2D eigenvalue weighted by Gasteiger charge is -2.29. The molecule has 0 fully saturated rings. The van der Waals surface area contributed by atoms with Gasteiger partial charge in [-0.05, 0) is 36.6 Å². The maximum absolute atomic E-state index is 12.8. The third-order valence-corrected chi connectivity index (χ3v) is 5.82. The monoisotopic (exact) mass is 445 g/mol. The average molecular weight is 446 g/mol. The molecule has 2 aromatic heterocycles. The van der Waals surface area contributed by atoms with Crippen LogP contribution in [0.25, 0.3) is 0 Å². The zero-order chi connectivity index (χ0) is 21.3. The SMILES string of the molecule is CC(NC(=O)N1CCc2cnc(Nc3ccnn3C)nc2C1)c1ccc(Cl)c(Cl)c1. The molecule has 8 nitrogen and oxygen atoms in total. The Bertz CT molecular complexity index is 1080. The Kier molecular flexibility index (Phi) is 5.78. The first kappa shape index (κ1) is 20.4. The highest BCUT2D eigenvalue weighted by Gasteiger charge is 2.24. The summed E-state index contributed by atoms with van der Waals surface area (Å²) in [5, 5.41) is 11.2. The van der Waals surface area contributed by atoms with Gasteiger partial charge in [-0.2, -0.15) is 5.10 Å². The van der Waals surface area contributed by atoms with Gasteiger partial charge in [0.15, 0.2) is 0 Å². The molecule has 4 rings (SSSR count). The summed E-state index contributed by atoms with van der Waals surface area (Å²) in [6, 6.07) is 6.83. The Morgan fingerprint density at radius 3 is 2.80 bits per heavy atom. The van der Waals surface area contributed by atoms with Crippen molar-refractivity contribution in [2.45, 2.75) is 25.9 Å². The molecule has 1 aromatic carbocycles. The third-order valence-electron chi connectivity index (χ3n) is 5.08. The standard InChI is InChI=1S/C20H21Cl2N7O/c1-12(13-3-4-15(21)16(22)9-13)25-20(30)29-8-6-14-10-23-19(26-17(14)11-29)27-18-5-7-24-28(18)2/h3-5,7,9-10,12H,6,8,11H2,1-2H3,(H,25,30)(H,23,26,27). The molecule has 0 spiro atoms. The first-order valence-electron chi connectivity index (χ1n) is 9.51. The number of aromatic nitrogens is 4. The van der Waals surface area contributed by atoms with E-state index in [1.54, 1.807) is 27.9 Å². The Morgan fingerprint density at radius 2 is 2.07 bits per heavy atom. The quantitative estimate of drug-likeness (QED) is 0.631. The number of amides is 2. The summed E-state index contributed by atoms with van der Waals surface area (Å²) in [5.74, 6) is 1.26. The van der Waals surface area contributed by atoms with Gasteiger partial charge in [-0.3, -0.25) is 4.68 Å². The molecule has 30 heavy (non-hydrogen) atoms. The van der Waals surface area contributed by atoms with E-state index in [9.17, 15) is 4.79 Å². The number of rotatable bonds is 4. The van der Waals surface area contributed by atoms with Gasteiger partial charge >= 0.3 is 6.03 Å². The number of nitrogens with one attached hydrogen (secondary N) is 2. The van der Waals surface area contributed by atoms with Crippen LogP contribution in [0.1, 0.15) is 29.8 Å². The van der Waals surface area contributed by atoms with Crippen molar-refractivity contribution >= 4 is 41.0 Å². The van der Waals surface area contributed by atoms with E-state index < -0.39 is 0 Å². The average Bonchev–Trinajstić information content (AvgIpc) is 3.13. The van der Waals surface area contributed by atoms with Gasteiger partial charge in [0.05, 0.1) is 34.5 Å². The van der Waals surface area contributed by atoms with Crippen molar-refractivity contribution in [1.82, 2.24) is 30.0 Å². The summed E-state index contributed by atoms with van der Waals surface area (Å²) in [7, 11) is 1.84. The molecule has 0 bridgehead atoms. The van der Waals surface area contributed by atoms with Gasteiger partial charge in [0, 0.05) is 25.9 Å². The Morgan fingerprint density at radius 1 is 1.23 bits per heavy atom. The molecule has 3 aromatic rings. The van der Waals surface area contributed by atoms with Crippen LogP contribution >= 0.6 is 23.2 Å². The fourth-order valence-electron chi connectivity index (χ4n) is 3.29. The highest BCUT2D eigenvalue weighted by molar-refractivity contribution is 6.42. The zero-order valence-corrected chi connectivity index (χ0v) is 18.1. The Labute approximate surface area is 184 Å². The van der Waals surface area contributed by atoms with Crippen LogP contribution in [0, 0.1) is 0 Å². The number of nitrogens with zero attached hydrogens (tertiary/aromatic N) is 5. The van der Waals surface area contributed by atoms with Crippen LogP contribution in [0.4, 0.5) is 16.6 Å². The number of carbonyl (C=O) groups excluding carboxylic acids is 1. The van der Waals surface area contributed by atoms with Crippen LogP contribution in [-0.2, 0) is 20.0 Å². The van der Waals surface area contributed by atoms with Crippen molar-refractivity contribution in [1.29, 1.82) is 0 Å². The molecule has 156 valence electrons. The van der Waals surface area contributed by atoms with E-state index in [0.29, 0.717) is 35.5 Å². The second-order valence-electron chi connectivity index (χ2n) is 7.15. The van der Waals surface area contributed by atoms with Crippen LogP contribution in [0.15, 0.2) is 36.7 Å². The summed E-state index contributed by atoms with van der Waals surface area (Å²) in [4.78, 5) is 23.5. The number of hydrogen-bond acceptors (Lipinski definition) is 5. The smallest absolute Gasteiger partial charge is 0.318 e. The molecule has 0 radical (unpaired) electrons. The zero-order valence-electron chi connectivity index (χ0n) is 16.6. The van der Waals surface area contributed by atoms with Gasteiger partial charge in [-0.15, -0.1) is 0 Å². The minimum Gasteiger partial charge on any atom is -0.331 e. The fraction of sp³-hybridized carbons (Fsp3) is 0.300. The first-order chi connectivity index (χ1) is 14.4. The second kappa shape index (κ2) is 8.49. The maximum Gasteiger partial charge on any atom is 0.318 e. The molecular weight excluding hydrogens is 425 g/mol. The number of carbonyl (C=O) groups is 1. The van der Waals surface area contributed by atoms with Gasteiger partial charge in [0.2, 0.25) is 5.95 Å². The van der Waals surface area contributed by atoms with Crippen LogP contribution in [0.2, 0.25) is 10.0 Å². The molecule has 1 aliphatic heterocycles. The predicted molar refractivity (Wildman–Crippen MR) is 116 cm³/mol. The lowest BCUT2D eigenvalue weighted by atomic mass is 10.1. The molecule has 3 heterocycles. The number of aryl methyl sites for hydroxylation is 1. The molecule has 1 aliphatic rings. The van der Waals surface area contributed by atoms with Crippen molar-refractivity contribution in [3.8, 4) is 0 Å².